The summed E-state index contributed by atoms with van der Waals surface area (Å²) in [5.41, 5.74) is -0.642. The van der Waals surface area contributed by atoms with Crippen molar-refractivity contribution in [3.05, 3.63) is 35.6 Å². The summed E-state index contributed by atoms with van der Waals surface area (Å²) in [4.78, 5) is 54.0. The highest BCUT2D eigenvalue weighted by Gasteiger charge is 2.46. The highest BCUT2D eigenvalue weighted by Crippen LogP contribution is 2.32. The second kappa shape index (κ2) is 9.81. The predicted molar refractivity (Wildman–Crippen MR) is 119 cm³/mol. The summed E-state index contributed by atoms with van der Waals surface area (Å²) in [5, 5.41) is 8.45. The van der Waals surface area contributed by atoms with Crippen LogP contribution in [0.1, 0.15) is 36.0 Å². The first-order valence-electron chi connectivity index (χ1n) is 11.3. The lowest BCUT2D eigenvalue weighted by Gasteiger charge is -2.37. The molecule has 0 radical (unpaired) electrons. The Hall–Kier alpha value is -3.45. The van der Waals surface area contributed by atoms with E-state index >= 15 is 0 Å². The highest BCUT2D eigenvalue weighted by molar-refractivity contribution is 5.99. The summed E-state index contributed by atoms with van der Waals surface area (Å²) < 4.78 is 18.8. The van der Waals surface area contributed by atoms with Crippen molar-refractivity contribution in [2.45, 2.75) is 43.8 Å². The number of nitrogens with one attached hydrogen (secondary N) is 3. The fourth-order valence-corrected chi connectivity index (χ4v) is 4.73. The predicted octanol–water partition coefficient (Wildman–Crippen LogP) is -0.0403. The molecule has 3 aliphatic rings. The van der Waals surface area contributed by atoms with Gasteiger partial charge in [-0.25, -0.2) is 4.39 Å². The molecular formula is C24H27FN4O5. The molecule has 3 fully saturated rings. The number of amides is 4. The minimum atomic E-state index is -1.00. The van der Waals surface area contributed by atoms with E-state index in [4.69, 9.17) is 11.2 Å². The Morgan fingerprint density at radius 1 is 1.15 bits per heavy atom. The van der Waals surface area contributed by atoms with Gasteiger partial charge in [-0.2, -0.15) is 0 Å². The van der Waals surface area contributed by atoms with Crippen LogP contribution in [-0.4, -0.2) is 73.0 Å². The van der Waals surface area contributed by atoms with Gasteiger partial charge in [0.2, 0.25) is 17.7 Å². The Labute approximate surface area is 196 Å². The SMILES string of the molecule is C#CC[C@H]1NC(=O)[C@@H]2C[C@H](CN2C(=O)c2ccc(F)cc2)NC(=O)C2(CCOCC2)CNC1=O. The lowest BCUT2D eigenvalue weighted by Crippen LogP contribution is -2.57. The van der Waals surface area contributed by atoms with Crippen molar-refractivity contribution in [1.82, 2.24) is 20.9 Å². The van der Waals surface area contributed by atoms with Crippen LogP contribution in [0.4, 0.5) is 4.39 Å². The number of carbonyl (C=O) groups is 4. The number of halogens is 1. The van der Waals surface area contributed by atoms with E-state index < -0.39 is 47.1 Å². The average molecular weight is 471 g/mol. The average Bonchev–Trinajstić information content (AvgIpc) is 3.26. The molecule has 3 aliphatic heterocycles. The molecule has 34 heavy (non-hydrogen) atoms. The van der Waals surface area contributed by atoms with Crippen molar-refractivity contribution in [1.29, 1.82) is 0 Å². The number of likely N-dealkylation sites (tertiary alicyclic amines) is 1. The van der Waals surface area contributed by atoms with Crippen molar-refractivity contribution in [2.75, 3.05) is 26.3 Å². The molecule has 3 atom stereocenters. The summed E-state index contributed by atoms with van der Waals surface area (Å²) in [5.74, 6) is 0.173. The molecule has 3 N–H and O–H groups in total. The van der Waals surface area contributed by atoms with E-state index in [0.29, 0.717) is 26.1 Å². The highest BCUT2D eigenvalue weighted by atomic mass is 19.1. The maximum Gasteiger partial charge on any atom is 0.254 e. The Morgan fingerprint density at radius 2 is 1.85 bits per heavy atom. The monoisotopic (exact) mass is 470 g/mol. The molecule has 1 aromatic rings. The van der Waals surface area contributed by atoms with Gasteiger partial charge in [0.1, 0.15) is 17.9 Å². The molecule has 4 rings (SSSR count). The Bertz CT molecular complexity index is 1020. The summed E-state index contributed by atoms with van der Waals surface area (Å²) in [6, 6.07) is 2.63. The Morgan fingerprint density at radius 3 is 2.53 bits per heavy atom. The molecule has 0 aliphatic carbocycles. The van der Waals surface area contributed by atoms with Gasteiger partial charge in [-0.15, -0.1) is 12.3 Å². The van der Waals surface area contributed by atoms with Crippen molar-refractivity contribution in [3.63, 3.8) is 0 Å². The van der Waals surface area contributed by atoms with Crippen molar-refractivity contribution in [2.24, 2.45) is 5.41 Å². The van der Waals surface area contributed by atoms with E-state index in [2.05, 4.69) is 21.9 Å². The lowest BCUT2D eigenvalue weighted by molar-refractivity contribution is -0.139. The lowest BCUT2D eigenvalue weighted by atomic mass is 9.78. The van der Waals surface area contributed by atoms with Crippen LogP contribution in [0.25, 0.3) is 0 Å². The molecule has 9 nitrogen and oxygen atoms in total. The van der Waals surface area contributed by atoms with Gasteiger partial charge >= 0.3 is 0 Å². The van der Waals surface area contributed by atoms with Crippen LogP contribution in [0.5, 0.6) is 0 Å². The van der Waals surface area contributed by atoms with Crippen LogP contribution >= 0.6 is 0 Å². The van der Waals surface area contributed by atoms with Crippen LogP contribution < -0.4 is 16.0 Å². The Balaban J connectivity index is 1.65. The van der Waals surface area contributed by atoms with Crippen molar-refractivity contribution in [3.8, 4) is 12.3 Å². The normalized spacial score (nSPS) is 27.0. The topological polar surface area (TPSA) is 117 Å². The first kappa shape index (κ1) is 23.7. The summed E-state index contributed by atoms with van der Waals surface area (Å²) in [7, 11) is 0. The van der Waals surface area contributed by atoms with Crippen LogP contribution in [0, 0.1) is 23.6 Å². The largest absolute Gasteiger partial charge is 0.381 e. The van der Waals surface area contributed by atoms with Gasteiger partial charge in [0.15, 0.2) is 0 Å². The molecule has 1 aromatic carbocycles. The molecular weight excluding hydrogens is 443 g/mol. The molecule has 180 valence electrons. The van der Waals surface area contributed by atoms with Gasteiger partial charge in [0.25, 0.3) is 5.91 Å². The number of rotatable bonds is 2. The Kier molecular flexibility index (Phi) is 6.84. The van der Waals surface area contributed by atoms with E-state index in [1.807, 2.05) is 0 Å². The number of terminal acetylenes is 1. The van der Waals surface area contributed by atoms with Crippen molar-refractivity contribution < 1.29 is 28.3 Å². The van der Waals surface area contributed by atoms with E-state index in [1.54, 1.807) is 0 Å². The smallest absolute Gasteiger partial charge is 0.254 e. The third-order valence-electron chi connectivity index (χ3n) is 6.78. The molecule has 0 aromatic heterocycles. The first-order valence-corrected chi connectivity index (χ1v) is 11.3. The van der Waals surface area contributed by atoms with Gasteiger partial charge < -0.3 is 25.6 Å². The molecule has 3 heterocycles. The minimum absolute atomic E-state index is 0.0397. The van der Waals surface area contributed by atoms with E-state index in [1.165, 1.54) is 29.2 Å². The molecule has 0 saturated carbocycles. The zero-order valence-corrected chi connectivity index (χ0v) is 18.6. The zero-order chi connectivity index (χ0) is 24.3. The van der Waals surface area contributed by atoms with Crippen molar-refractivity contribution >= 4 is 23.6 Å². The van der Waals surface area contributed by atoms with E-state index in [9.17, 15) is 23.6 Å². The van der Waals surface area contributed by atoms with Gasteiger partial charge in [-0.1, -0.05) is 0 Å². The molecule has 1 spiro atoms. The second-order valence-electron chi connectivity index (χ2n) is 8.97. The number of hydrogen-bond acceptors (Lipinski definition) is 5. The number of carbonyl (C=O) groups excluding carboxylic acids is 4. The maximum absolute atomic E-state index is 13.4. The number of nitrogens with zero attached hydrogens (tertiary/aromatic N) is 1. The van der Waals surface area contributed by atoms with Gasteiger partial charge in [0, 0.05) is 44.3 Å². The van der Waals surface area contributed by atoms with Crippen LogP contribution in [0.3, 0.4) is 0 Å². The third-order valence-corrected chi connectivity index (χ3v) is 6.78. The fraction of sp³-hybridized carbons (Fsp3) is 0.500. The summed E-state index contributed by atoms with van der Waals surface area (Å²) >= 11 is 0. The van der Waals surface area contributed by atoms with Crippen LogP contribution in [0.2, 0.25) is 0 Å². The quantitative estimate of drug-likeness (QED) is 0.525. The number of ether oxygens (including phenoxy) is 1. The molecule has 4 amide bonds. The third kappa shape index (κ3) is 4.75. The van der Waals surface area contributed by atoms with Gasteiger partial charge in [-0.3, -0.25) is 19.2 Å². The molecule has 0 unspecified atom stereocenters. The second-order valence-corrected chi connectivity index (χ2v) is 8.97. The number of fused-ring (bicyclic) bond motifs is 2. The van der Waals surface area contributed by atoms with E-state index in [0.717, 1.165) is 0 Å². The zero-order valence-electron chi connectivity index (χ0n) is 18.6. The molecule has 2 bridgehead atoms. The molecule has 3 saturated heterocycles. The first-order chi connectivity index (χ1) is 16.3. The summed E-state index contributed by atoms with van der Waals surface area (Å²) in [6.07, 6.45) is 6.43. The van der Waals surface area contributed by atoms with Gasteiger partial charge in [-0.05, 0) is 43.5 Å². The minimum Gasteiger partial charge on any atom is -0.381 e. The number of benzene rings is 1. The maximum atomic E-state index is 13.4. The van der Waals surface area contributed by atoms with E-state index in [-0.39, 0.29) is 37.4 Å². The summed E-state index contributed by atoms with van der Waals surface area (Å²) in [6.45, 7) is 0.965. The number of hydrogen-bond donors (Lipinski definition) is 3. The standard InChI is InChI=1S/C24H27FN4O5/c1-2-3-18-20(30)26-14-24(8-10-34-11-9-24)23(33)27-17-12-19(21(31)28-18)29(13-17)22(32)15-4-6-16(25)7-5-15/h1,4-7,17-19H,3,8-14H2,(H,26,30)(H,27,33)(H,28,31)/t17-,18-,19+/m1/s1. The molecule has 10 heteroatoms. The fourth-order valence-electron chi connectivity index (χ4n) is 4.73. The van der Waals surface area contributed by atoms with Crippen LogP contribution in [0.15, 0.2) is 24.3 Å². The van der Waals surface area contributed by atoms with Crippen LogP contribution in [-0.2, 0) is 19.1 Å². The van der Waals surface area contributed by atoms with Gasteiger partial charge in [0.05, 0.1) is 5.41 Å².